The normalized spacial score (nSPS) is 10.9. The van der Waals surface area contributed by atoms with Crippen molar-refractivity contribution in [3.05, 3.63) is 59.5 Å². The predicted octanol–water partition coefficient (Wildman–Crippen LogP) is 2.98. The van der Waals surface area contributed by atoms with Gasteiger partial charge in [-0.25, -0.2) is 14.2 Å². The molecule has 0 bridgehead atoms. The van der Waals surface area contributed by atoms with Crippen molar-refractivity contribution >= 4 is 17.8 Å². The molecule has 0 saturated heterocycles. The summed E-state index contributed by atoms with van der Waals surface area (Å²) >= 11 is 0. The summed E-state index contributed by atoms with van der Waals surface area (Å²) in [6.07, 6.45) is 0. The van der Waals surface area contributed by atoms with Crippen LogP contribution in [0.3, 0.4) is 0 Å². The molecule has 0 spiro atoms. The number of benzene rings is 1. The van der Waals surface area contributed by atoms with Crippen LogP contribution in [-0.4, -0.2) is 35.9 Å². The molecule has 1 aromatic heterocycles. The van der Waals surface area contributed by atoms with E-state index in [1.807, 2.05) is 0 Å². The standard InChI is InChI=1S/C18H21FN4O2/c1-18(2,12-7-5-8-13(19)11-12)22-17(25)21-15-10-6-9-14(20-15)16(24)23(3)4/h5-11H,1-4H3,(H2,20,21,22,25). The number of nitrogens with zero attached hydrogens (tertiary/aromatic N) is 2. The molecule has 7 heteroatoms. The van der Waals surface area contributed by atoms with Gasteiger partial charge in [-0.3, -0.25) is 10.1 Å². The van der Waals surface area contributed by atoms with Gasteiger partial charge in [-0.2, -0.15) is 0 Å². The van der Waals surface area contributed by atoms with E-state index in [-0.39, 0.29) is 23.2 Å². The molecule has 132 valence electrons. The highest BCUT2D eigenvalue weighted by Crippen LogP contribution is 2.21. The molecule has 1 aromatic carbocycles. The van der Waals surface area contributed by atoms with Crippen LogP contribution in [0.4, 0.5) is 15.0 Å². The van der Waals surface area contributed by atoms with Crippen molar-refractivity contribution in [1.29, 1.82) is 0 Å². The molecule has 0 saturated carbocycles. The van der Waals surface area contributed by atoms with Gasteiger partial charge < -0.3 is 10.2 Å². The minimum atomic E-state index is -0.788. The van der Waals surface area contributed by atoms with E-state index in [0.29, 0.717) is 5.56 Å². The molecule has 0 aliphatic rings. The Morgan fingerprint density at radius 3 is 2.44 bits per heavy atom. The largest absolute Gasteiger partial charge is 0.343 e. The Balaban J connectivity index is 2.10. The van der Waals surface area contributed by atoms with Crippen molar-refractivity contribution in [1.82, 2.24) is 15.2 Å². The number of carbonyl (C=O) groups is 2. The number of halogens is 1. The van der Waals surface area contributed by atoms with Gasteiger partial charge in [0.05, 0.1) is 5.54 Å². The summed E-state index contributed by atoms with van der Waals surface area (Å²) in [5.74, 6) is -0.381. The van der Waals surface area contributed by atoms with E-state index in [0.717, 1.165) is 0 Å². The summed E-state index contributed by atoms with van der Waals surface area (Å²) in [5, 5.41) is 5.36. The van der Waals surface area contributed by atoms with Crippen molar-refractivity contribution in [2.75, 3.05) is 19.4 Å². The average molecular weight is 344 g/mol. The van der Waals surface area contributed by atoms with Crippen LogP contribution >= 0.6 is 0 Å². The maximum atomic E-state index is 13.4. The number of carbonyl (C=O) groups excluding carboxylic acids is 2. The van der Waals surface area contributed by atoms with Crippen LogP contribution in [0.25, 0.3) is 0 Å². The van der Waals surface area contributed by atoms with E-state index in [4.69, 9.17) is 0 Å². The highest BCUT2D eigenvalue weighted by atomic mass is 19.1. The molecular formula is C18H21FN4O2. The number of hydrogen-bond donors (Lipinski definition) is 2. The Bertz CT molecular complexity index is 790. The molecule has 6 nitrogen and oxygen atoms in total. The van der Waals surface area contributed by atoms with Gasteiger partial charge in [0.25, 0.3) is 5.91 Å². The van der Waals surface area contributed by atoms with Crippen molar-refractivity contribution in [3.63, 3.8) is 0 Å². The first kappa shape index (κ1) is 18.4. The Morgan fingerprint density at radius 1 is 1.12 bits per heavy atom. The highest BCUT2D eigenvalue weighted by Gasteiger charge is 2.23. The summed E-state index contributed by atoms with van der Waals surface area (Å²) in [6.45, 7) is 3.53. The van der Waals surface area contributed by atoms with E-state index >= 15 is 0 Å². The van der Waals surface area contributed by atoms with Crippen LogP contribution in [-0.2, 0) is 5.54 Å². The van der Waals surface area contributed by atoms with Crippen molar-refractivity contribution in [2.24, 2.45) is 0 Å². The smallest absolute Gasteiger partial charge is 0.321 e. The average Bonchev–Trinajstić information content (AvgIpc) is 2.53. The van der Waals surface area contributed by atoms with Crippen molar-refractivity contribution in [3.8, 4) is 0 Å². The van der Waals surface area contributed by atoms with Crippen LogP contribution in [0.2, 0.25) is 0 Å². The summed E-state index contributed by atoms with van der Waals surface area (Å²) in [5.41, 5.74) is 0.0721. The molecular weight excluding hydrogens is 323 g/mol. The van der Waals surface area contributed by atoms with Crippen LogP contribution in [0.15, 0.2) is 42.5 Å². The van der Waals surface area contributed by atoms with Gasteiger partial charge in [0, 0.05) is 14.1 Å². The molecule has 25 heavy (non-hydrogen) atoms. The zero-order chi connectivity index (χ0) is 18.6. The third-order valence-electron chi connectivity index (χ3n) is 3.59. The molecule has 0 unspecified atom stereocenters. The second-order valence-corrected chi connectivity index (χ2v) is 6.32. The molecule has 3 amide bonds. The zero-order valence-electron chi connectivity index (χ0n) is 14.6. The van der Waals surface area contributed by atoms with Crippen LogP contribution in [0, 0.1) is 5.82 Å². The number of anilines is 1. The highest BCUT2D eigenvalue weighted by molar-refractivity contribution is 5.93. The zero-order valence-corrected chi connectivity index (χ0v) is 14.6. The monoisotopic (exact) mass is 344 g/mol. The lowest BCUT2D eigenvalue weighted by Gasteiger charge is -2.27. The first-order valence-corrected chi connectivity index (χ1v) is 7.73. The third kappa shape index (κ3) is 4.76. The minimum absolute atomic E-state index is 0.229. The number of pyridine rings is 1. The van der Waals surface area contributed by atoms with Crippen LogP contribution in [0.1, 0.15) is 29.9 Å². The fraction of sp³-hybridized carbons (Fsp3) is 0.278. The predicted molar refractivity (Wildman–Crippen MR) is 93.8 cm³/mol. The third-order valence-corrected chi connectivity index (χ3v) is 3.59. The van der Waals surface area contributed by atoms with Gasteiger partial charge in [0.15, 0.2) is 0 Å². The summed E-state index contributed by atoms with van der Waals surface area (Å²) < 4.78 is 13.4. The summed E-state index contributed by atoms with van der Waals surface area (Å²) in [6, 6.07) is 10.3. The van der Waals surface area contributed by atoms with Crippen LogP contribution < -0.4 is 10.6 Å². The molecule has 1 heterocycles. The van der Waals surface area contributed by atoms with Gasteiger partial charge >= 0.3 is 6.03 Å². The van der Waals surface area contributed by atoms with Crippen LogP contribution in [0.5, 0.6) is 0 Å². The number of aromatic nitrogens is 1. The molecule has 0 aliphatic carbocycles. The number of nitrogens with one attached hydrogen (secondary N) is 2. The second kappa shape index (κ2) is 7.29. The van der Waals surface area contributed by atoms with E-state index in [1.54, 1.807) is 58.3 Å². The SMILES string of the molecule is CN(C)C(=O)c1cccc(NC(=O)NC(C)(C)c2cccc(F)c2)n1. The van der Waals surface area contributed by atoms with E-state index in [9.17, 15) is 14.0 Å². The van der Waals surface area contributed by atoms with Gasteiger partial charge in [0.1, 0.15) is 17.3 Å². The Morgan fingerprint density at radius 2 is 1.80 bits per heavy atom. The van der Waals surface area contributed by atoms with Gasteiger partial charge in [-0.15, -0.1) is 0 Å². The number of rotatable bonds is 4. The lowest BCUT2D eigenvalue weighted by atomic mass is 9.94. The lowest BCUT2D eigenvalue weighted by molar-refractivity contribution is 0.0822. The van der Waals surface area contributed by atoms with E-state index in [1.165, 1.54) is 17.0 Å². The maximum Gasteiger partial charge on any atom is 0.321 e. The fourth-order valence-corrected chi connectivity index (χ4v) is 2.23. The van der Waals surface area contributed by atoms with Crippen molar-refractivity contribution in [2.45, 2.75) is 19.4 Å². The maximum absolute atomic E-state index is 13.4. The van der Waals surface area contributed by atoms with E-state index in [2.05, 4.69) is 15.6 Å². The van der Waals surface area contributed by atoms with Gasteiger partial charge in [-0.05, 0) is 43.7 Å². The van der Waals surface area contributed by atoms with Gasteiger partial charge in [0.2, 0.25) is 0 Å². The van der Waals surface area contributed by atoms with Crippen molar-refractivity contribution < 1.29 is 14.0 Å². The first-order valence-electron chi connectivity index (χ1n) is 7.73. The molecule has 2 rings (SSSR count). The Hall–Kier alpha value is -2.96. The lowest BCUT2D eigenvalue weighted by Crippen LogP contribution is -2.43. The number of amides is 3. The first-order chi connectivity index (χ1) is 11.7. The topological polar surface area (TPSA) is 74.3 Å². The Kier molecular flexibility index (Phi) is 5.36. The fourth-order valence-electron chi connectivity index (χ4n) is 2.23. The van der Waals surface area contributed by atoms with Gasteiger partial charge in [-0.1, -0.05) is 18.2 Å². The minimum Gasteiger partial charge on any atom is -0.343 e. The number of urea groups is 1. The number of hydrogen-bond acceptors (Lipinski definition) is 3. The molecule has 0 fully saturated rings. The quantitative estimate of drug-likeness (QED) is 0.895. The molecule has 0 atom stereocenters. The summed E-state index contributed by atoms with van der Waals surface area (Å²) in [4.78, 5) is 29.7. The molecule has 0 aliphatic heterocycles. The molecule has 0 radical (unpaired) electrons. The van der Waals surface area contributed by atoms with E-state index < -0.39 is 11.6 Å². The Labute approximate surface area is 146 Å². The summed E-state index contributed by atoms with van der Waals surface area (Å²) in [7, 11) is 3.25. The second-order valence-electron chi connectivity index (χ2n) is 6.32. The molecule has 2 N–H and O–H groups in total. The molecule has 2 aromatic rings.